The van der Waals surface area contributed by atoms with Gasteiger partial charge in [-0.3, -0.25) is 18.6 Å². The van der Waals surface area contributed by atoms with Crippen LogP contribution >= 0.6 is 7.82 Å². The van der Waals surface area contributed by atoms with E-state index in [9.17, 15) is 34.4 Å². The highest BCUT2D eigenvalue weighted by Crippen LogP contribution is 2.43. The second kappa shape index (κ2) is 35.7. The van der Waals surface area contributed by atoms with Crippen LogP contribution in [0.2, 0.25) is 0 Å². The smallest absolute Gasteiger partial charge is 0.462 e. The minimum Gasteiger partial charge on any atom is -0.462 e. The average Bonchev–Trinajstić information content (AvgIpc) is 3.14. The highest BCUT2D eigenvalue weighted by atomic mass is 31.2. The SMILES string of the molecule is CC/C=C\C[C@@H](O)/C=C/C=C\C=C\[C@@H](O)C/C=C\C/C=C\CCC(=O)OC[C@H](COP(=O)(O)OC[C@@H](O)CO)OC(=O)CCCCCCCCCCC(C)C. The van der Waals surface area contributed by atoms with E-state index < -0.39 is 70.6 Å². The summed E-state index contributed by atoms with van der Waals surface area (Å²) < 4.78 is 32.5. The third kappa shape index (κ3) is 36.7. The number of aliphatic hydroxyl groups is 4. The molecule has 5 N–H and O–H groups in total. The van der Waals surface area contributed by atoms with Crippen molar-refractivity contribution in [3.63, 3.8) is 0 Å². The lowest BCUT2D eigenvalue weighted by molar-refractivity contribution is -0.161. The molecule has 0 rings (SSSR count). The van der Waals surface area contributed by atoms with Crippen molar-refractivity contribution in [1.82, 2.24) is 0 Å². The van der Waals surface area contributed by atoms with E-state index in [0.717, 1.165) is 31.6 Å². The first-order valence-electron chi connectivity index (χ1n) is 20.0. The van der Waals surface area contributed by atoms with Crippen LogP contribution in [0, 0.1) is 5.92 Å². The quantitative estimate of drug-likeness (QED) is 0.0137. The van der Waals surface area contributed by atoms with Crippen molar-refractivity contribution in [3.8, 4) is 0 Å². The summed E-state index contributed by atoms with van der Waals surface area (Å²) >= 11 is 0. The summed E-state index contributed by atoms with van der Waals surface area (Å²) in [6, 6.07) is 0. The van der Waals surface area contributed by atoms with E-state index in [4.69, 9.17) is 19.1 Å². The molecular formula is C42H71O12P. The number of carbonyl (C=O) groups excluding carboxylic acids is 2. The Morgan fingerprint density at radius 3 is 1.84 bits per heavy atom. The van der Waals surface area contributed by atoms with E-state index in [1.807, 2.05) is 43.4 Å². The van der Waals surface area contributed by atoms with Crippen LogP contribution < -0.4 is 0 Å². The first-order chi connectivity index (χ1) is 26.4. The Labute approximate surface area is 330 Å². The van der Waals surface area contributed by atoms with Gasteiger partial charge in [-0.2, -0.15) is 0 Å². The van der Waals surface area contributed by atoms with E-state index in [1.54, 1.807) is 36.5 Å². The number of unbranched alkanes of at least 4 members (excludes halogenated alkanes) is 7. The van der Waals surface area contributed by atoms with Crippen LogP contribution in [0.15, 0.2) is 72.9 Å². The van der Waals surface area contributed by atoms with E-state index in [1.165, 1.54) is 32.1 Å². The Morgan fingerprint density at radius 1 is 0.673 bits per heavy atom. The van der Waals surface area contributed by atoms with Crippen LogP contribution in [0.4, 0.5) is 0 Å². The molecule has 0 bridgehead atoms. The molecule has 0 saturated carbocycles. The maximum atomic E-state index is 12.5. The summed E-state index contributed by atoms with van der Waals surface area (Å²) in [4.78, 5) is 34.8. The van der Waals surface area contributed by atoms with Crippen molar-refractivity contribution in [2.75, 3.05) is 26.4 Å². The molecule has 0 amide bonds. The largest absolute Gasteiger partial charge is 0.472 e. The molecule has 0 saturated heterocycles. The Balaban J connectivity index is 4.58. The number of rotatable bonds is 35. The zero-order chi connectivity index (χ0) is 41.0. The first kappa shape index (κ1) is 52.3. The van der Waals surface area contributed by atoms with Gasteiger partial charge >= 0.3 is 19.8 Å². The van der Waals surface area contributed by atoms with Gasteiger partial charge in [-0.15, -0.1) is 0 Å². The van der Waals surface area contributed by atoms with Crippen LogP contribution in [-0.2, 0) is 32.7 Å². The Bertz CT molecular complexity index is 1190. The first-order valence-corrected chi connectivity index (χ1v) is 21.5. The van der Waals surface area contributed by atoms with Gasteiger partial charge in [0.25, 0.3) is 0 Å². The summed E-state index contributed by atoms with van der Waals surface area (Å²) in [7, 11) is -4.66. The van der Waals surface area contributed by atoms with Crippen LogP contribution in [0.1, 0.15) is 124 Å². The lowest BCUT2D eigenvalue weighted by Gasteiger charge is -2.20. The van der Waals surface area contributed by atoms with Gasteiger partial charge in [0.1, 0.15) is 12.7 Å². The minimum atomic E-state index is -4.66. The predicted molar refractivity (Wildman–Crippen MR) is 217 cm³/mol. The number of carbonyl (C=O) groups is 2. The molecule has 0 aromatic heterocycles. The van der Waals surface area contributed by atoms with Crippen molar-refractivity contribution in [2.24, 2.45) is 5.92 Å². The lowest BCUT2D eigenvalue weighted by atomic mass is 10.0. The number of aliphatic hydroxyl groups excluding tert-OH is 4. The van der Waals surface area contributed by atoms with Crippen molar-refractivity contribution >= 4 is 19.8 Å². The summed E-state index contributed by atoms with van der Waals surface area (Å²) in [5.74, 6) is -0.363. The van der Waals surface area contributed by atoms with Gasteiger partial charge in [-0.1, -0.05) is 145 Å². The van der Waals surface area contributed by atoms with Crippen molar-refractivity contribution in [1.29, 1.82) is 0 Å². The van der Waals surface area contributed by atoms with Gasteiger partial charge in [0.15, 0.2) is 6.10 Å². The number of ether oxygens (including phenoxy) is 2. The molecule has 13 heteroatoms. The molecule has 0 aliphatic carbocycles. The molecule has 0 radical (unpaired) electrons. The van der Waals surface area contributed by atoms with Crippen LogP contribution in [0.3, 0.4) is 0 Å². The molecule has 0 aliphatic rings. The second-order valence-electron chi connectivity index (χ2n) is 13.8. The highest BCUT2D eigenvalue weighted by molar-refractivity contribution is 7.47. The molecule has 0 fully saturated rings. The topological polar surface area (TPSA) is 189 Å². The number of hydrogen-bond acceptors (Lipinski definition) is 11. The maximum Gasteiger partial charge on any atom is 0.472 e. The highest BCUT2D eigenvalue weighted by Gasteiger charge is 2.27. The molecule has 0 aromatic carbocycles. The van der Waals surface area contributed by atoms with Crippen LogP contribution in [0.25, 0.3) is 0 Å². The van der Waals surface area contributed by atoms with E-state index in [2.05, 4.69) is 18.4 Å². The maximum absolute atomic E-state index is 12.5. The van der Waals surface area contributed by atoms with E-state index >= 15 is 0 Å². The third-order valence-electron chi connectivity index (χ3n) is 7.98. The third-order valence-corrected chi connectivity index (χ3v) is 8.93. The van der Waals surface area contributed by atoms with Crippen LogP contribution in [-0.4, -0.2) is 88.1 Å². The fraction of sp³-hybridized carbons (Fsp3) is 0.667. The molecule has 55 heavy (non-hydrogen) atoms. The summed E-state index contributed by atoms with van der Waals surface area (Å²) in [6.07, 6.45) is 31.2. The van der Waals surface area contributed by atoms with Gasteiger partial charge in [0.05, 0.1) is 32.0 Å². The Kier molecular flexibility index (Phi) is 34.0. The summed E-state index contributed by atoms with van der Waals surface area (Å²) in [6.45, 7) is 4.21. The molecule has 12 nitrogen and oxygen atoms in total. The number of hydrogen-bond donors (Lipinski definition) is 5. The molecule has 316 valence electrons. The molecule has 5 atom stereocenters. The summed E-state index contributed by atoms with van der Waals surface area (Å²) in [5.41, 5.74) is 0. The summed E-state index contributed by atoms with van der Waals surface area (Å²) in [5, 5.41) is 38.2. The monoisotopic (exact) mass is 798 g/mol. The standard InChI is InChI=1S/C42H71O12P/c1-4-5-18-26-37(44)28-21-16-17-22-29-38(45)27-20-13-10-11-14-23-30-41(47)51-34-40(35-53-55(49,50)52-33-39(46)32-43)54-42(48)31-24-15-9-7-6-8-12-19-25-36(2)3/h5,11,13-14,16-18,20-22,28-29,36-40,43-46H,4,6-10,12,15,19,23-27,30-35H2,1-3H3,(H,49,50)/b14-11-,17-16-,18-5-,20-13-,28-21+,29-22+/t37-,38+,39+,40-/m1/s1. The van der Waals surface area contributed by atoms with Crippen molar-refractivity contribution < 1.29 is 58.0 Å². The van der Waals surface area contributed by atoms with Gasteiger partial charge in [0, 0.05) is 12.8 Å². The van der Waals surface area contributed by atoms with Gasteiger partial charge < -0.3 is 34.8 Å². The molecule has 0 heterocycles. The fourth-order valence-electron chi connectivity index (χ4n) is 4.85. The van der Waals surface area contributed by atoms with Gasteiger partial charge in [-0.05, 0) is 44.4 Å². The average molecular weight is 799 g/mol. The number of phosphoric ester groups is 1. The molecule has 0 aromatic rings. The number of allylic oxidation sites excluding steroid dienone is 8. The normalized spacial score (nSPS) is 15.9. The number of esters is 2. The molecular weight excluding hydrogens is 727 g/mol. The van der Waals surface area contributed by atoms with Crippen molar-refractivity contribution in [3.05, 3.63) is 72.9 Å². The fourth-order valence-corrected chi connectivity index (χ4v) is 5.64. The van der Waals surface area contributed by atoms with Crippen molar-refractivity contribution in [2.45, 2.75) is 148 Å². The Hall–Kier alpha value is -2.67. The second-order valence-corrected chi connectivity index (χ2v) is 15.3. The molecule has 1 unspecified atom stereocenters. The zero-order valence-corrected chi connectivity index (χ0v) is 34.4. The Morgan fingerprint density at radius 2 is 1.24 bits per heavy atom. The number of phosphoric acid groups is 1. The predicted octanol–water partition coefficient (Wildman–Crippen LogP) is 7.90. The zero-order valence-electron chi connectivity index (χ0n) is 33.5. The van der Waals surface area contributed by atoms with E-state index in [-0.39, 0.29) is 12.8 Å². The molecule has 0 spiro atoms. The lowest BCUT2D eigenvalue weighted by Crippen LogP contribution is -2.29. The van der Waals surface area contributed by atoms with Gasteiger partial charge in [-0.25, -0.2) is 4.57 Å². The minimum absolute atomic E-state index is 0.0567. The molecule has 0 aliphatic heterocycles. The van der Waals surface area contributed by atoms with Crippen LogP contribution in [0.5, 0.6) is 0 Å². The van der Waals surface area contributed by atoms with Gasteiger partial charge in [0.2, 0.25) is 0 Å². The van der Waals surface area contributed by atoms with E-state index in [0.29, 0.717) is 32.1 Å².